The fourth-order valence-corrected chi connectivity index (χ4v) is 1.64. The lowest BCUT2D eigenvalue weighted by atomic mass is 10.3. The van der Waals surface area contributed by atoms with Crippen LogP contribution in [0.15, 0.2) is 18.2 Å². The number of rotatable bonds is 6. The molecular weight excluding hydrogens is 252 g/mol. The third-order valence-electron chi connectivity index (χ3n) is 2.49. The fraction of sp³-hybridized carbons (Fsp3) is 0.462. The zero-order chi connectivity index (χ0) is 13.5. The highest BCUT2D eigenvalue weighted by atomic mass is 35.5. The first kappa shape index (κ1) is 14.6. The van der Waals surface area contributed by atoms with E-state index in [1.165, 1.54) is 0 Å². The molecule has 0 spiro atoms. The molecule has 3 N–H and O–H groups in total. The highest BCUT2D eigenvalue weighted by molar-refractivity contribution is 6.32. The Hall–Kier alpha value is -1.42. The van der Waals surface area contributed by atoms with Crippen LogP contribution < -0.4 is 15.8 Å². The van der Waals surface area contributed by atoms with Gasteiger partial charge in [-0.2, -0.15) is 0 Å². The number of hydrogen-bond donors (Lipinski definition) is 2. The van der Waals surface area contributed by atoms with Crippen LogP contribution in [0.5, 0.6) is 5.75 Å². The van der Waals surface area contributed by atoms with E-state index in [-0.39, 0.29) is 5.91 Å². The molecule has 1 atom stereocenters. The van der Waals surface area contributed by atoms with Crippen LogP contribution in [0.4, 0.5) is 5.69 Å². The first-order valence-electron chi connectivity index (χ1n) is 6.04. The summed E-state index contributed by atoms with van der Waals surface area (Å²) in [5.41, 5.74) is 6.18. The molecule has 0 saturated carbocycles. The molecule has 1 aromatic rings. The Kier molecular flexibility index (Phi) is 5.78. The van der Waals surface area contributed by atoms with Gasteiger partial charge in [-0.1, -0.05) is 31.0 Å². The molecule has 0 fully saturated rings. The van der Waals surface area contributed by atoms with Crippen LogP contribution in [0.1, 0.15) is 26.7 Å². The van der Waals surface area contributed by atoms with E-state index in [2.05, 4.69) is 12.2 Å². The van der Waals surface area contributed by atoms with Crippen molar-refractivity contribution in [3.63, 3.8) is 0 Å². The van der Waals surface area contributed by atoms with Gasteiger partial charge >= 0.3 is 0 Å². The summed E-state index contributed by atoms with van der Waals surface area (Å²) in [7, 11) is 0. The summed E-state index contributed by atoms with van der Waals surface area (Å²) >= 11 is 5.97. The summed E-state index contributed by atoms with van der Waals surface area (Å²) in [6.45, 7) is 4.39. The maximum atomic E-state index is 11.7. The molecule has 1 rings (SSSR count). The second-order valence-corrected chi connectivity index (χ2v) is 4.47. The molecule has 100 valence electrons. The summed E-state index contributed by atoms with van der Waals surface area (Å²) in [5, 5.41) is 3.20. The molecule has 0 saturated heterocycles. The molecule has 0 bridgehead atoms. The predicted octanol–water partition coefficient (Wildman–Crippen LogP) is 2.61. The maximum absolute atomic E-state index is 11.7. The van der Waals surface area contributed by atoms with E-state index in [1.54, 1.807) is 25.1 Å². The average Bonchev–Trinajstić information content (AvgIpc) is 2.34. The van der Waals surface area contributed by atoms with Crippen molar-refractivity contribution in [1.29, 1.82) is 0 Å². The molecule has 0 radical (unpaired) electrons. The number of nitrogen functional groups attached to an aromatic ring is 1. The molecule has 0 heterocycles. The maximum Gasteiger partial charge on any atom is 0.260 e. The number of hydrogen-bond acceptors (Lipinski definition) is 3. The average molecular weight is 271 g/mol. The number of carbonyl (C=O) groups is 1. The summed E-state index contributed by atoms with van der Waals surface area (Å²) in [4.78, 5) is 11.7. The summed E-state index contributed by atoms with van der Waals surface area (Å²) in [5.74, 6) is 0.195. The summed E-state index contributed by atoms with van der Waals surface area (Å²) in [6.07, 6.45) is 1.36. The number of nitrogens with two attached hydrogens (primary N) is 1. The SMILES string of the molecule is CCCCNC(=O)C(C)Oc1c(N)cccc1Cl. The highest BCUT2D eigenvalue weighted by Gasteiger charge is 2.16. The first-order chi connectivity index (χ1) is 8.56. The van der Waals surface area contributed by atoms with Crippen LogP contribution in [0.25, 0.3) is 0 Å². The van der Waals surface area contributed by atoms with E-state index in [4.69, 9.17) is 22.1 Å². The number of ether oxygens (including phenoxy) is 1. The Morgan fingerprint density at radius 2 is 2.28 bits per heavy atom. The molecule has 0 aliphatic heterocycles. The molecule has 1 unspecified atom stereocenters. The lowest BCUT2D eigenvalue weighted by Gasteiger charge is -2.16. The van der Waals surface area contributed by atoms with Crippen molar-refractivity contribution in [2.45, 2.75) is 32.8 Å². The van der Waals surface area contributed by atoms with E-state index >= 15 is 0 Å². The minimum absolute atomic E-state index is 0.164. The number of amides is 1. The number of carbonyl (C=O) groups excluding carboxylic acids is 1. The van der Waals surface area contributed by atoms with Gasteiger partial charge < -0.3 is 15.8 Å². The van der Waals surface area contributed by atoms with Gasteiger partial charge in [0.2, 0.25) is 0 Å². The number of halogens is 1. The van der Waals surface area contributed by atoms with Crippen molar-refractivity contribution in [2.75, 3.05) is 12.3 Å². The Morgan fingerprint density at radius 1 is 1.56 bits per heavy atom. The van der Waals surface area contributed by atoms with E-state index in [0.717, 1.165) is 12.8 Å². The number of unbranched alkanes of at least 4 members (excludes halogenated alkanes) is 1. The van der Waals surface area contributed by atoms with Crippen LogP contribution in [-0.2, 0) is 4.79 Å². The topological polar surface area (TPSA) is 64.3 Å². The highest BCUT2D eigenvalue weighted by Crippen LogP contribution is 2.31. The molecule has 0 aliphatic rings. The van der Waals surface area contributed by atoms with Crippen LogP contribution in [0.2, 0.25) is 5.02 Å². The van der Waals surface area contributed by atoms with Gasteiger partial charge in [-0.3, -0.25) is 4.79 Å². The first-order valence-corrected chi connectivity index (χ1v) is 6.42. The van der Waals surface area contributed by atoms with E-state index in [1.807, 2.05) is 0 Å². The molecular formula is C13H19ClN2O2. The zero-order valence-corrected chi connectivity index (χ0v) is 11.5. The van der Waals surface area contributed by atoms with Crippen molar-refractivity contribution in [3.8, 4) is 5.75 Å². The lowest BCUT2D eigenvalue weighted by Crippen LogP contribution is -2.36. The Labute approximate surface area is 112 Å². The lowest BCUT2D eigenvalue weighted by molar-refractivity contribution is -0.127. The zero-order valence-electron chi connectivity index (χ0n) is 10.7. The minimum atomic E-state index is -0.621. The predicted molar refractivity (Wildman–Crippen MR) is 73.9 cm³/mol. The largest absolute Gasteiger partial charge is 0.477 e. The second-order valence-electron chi connectivity index (χ2n) is 4.06. The van der Waals surface area contributed by atoms with Crippen molar-refractivity contribution in [3.05, 3.63) is 23.2 Å². The van der Waals surface area contributed by atoms with Gasteiger partial charge in [0.15, 0.2) is 11.9 Å². The van der Waals surface area contributed by atoms with Crippen LogP contribution in [-0.4, -0.2) is 18.6 Å². The smallest absolute Gasteiger partial charge is 0.260 e. The van der Waals surface area contributed by atoms with Crippen LogP contribution in [0, 0.1) is 0 Å². The van der Waals surface area contributed by atoms with Gasteiger partial charge in [0.05, 0.1) is 10.7 Å². The third-order valence-corrected chi connectivity index (χ3v) is 2.79. The Morgan fingerprint density at radius 3 is 2.89 bits per heavy atom. The van der Waals surface area contributed by atoms with Gasteiger partial charge in [0.1, 0.15) is 0 Å². The van der Waals surface area contributed by atoms with Gasteiger partial charge in [-0.05, 0) is 25.5 Å². The monoisotopic (exact) mass is 270 g/mol. The second kappa shape index (κ2) is 7.11. The van der Waals surface area contributed by atoms with Gasteiger partial charge in [-0.15, -0.1) is 0 Å². The fourth-order valence-electron chi connectivity index (χ4n) is 1.41. The van der Waals surface area contributed by atoms with E-state index in [0.29, 0.717) is 23.0 Å². The van der Waals surface area contributed by atoms with Crippen molar-refractivity contribution < 1.29 is 9.53 Å². The van der Waals surface area contributed by atoms with Crippen molar-refractivity contribution in [2.24, 2.45) is 0 Å². The number of benzene rings is 1. The molecule has 5 heteroatoms. The Balaban J connectivity index is 2.58. The van der Waals surface area contributed by atoms with Gasteiger partial charge in [-0.25, -0.2) is 0 Å². The van der Waals surface area contributed by atoms with E-state index in [9.17, 15) is 4.79 Å². The van der Waals surface area contributed by atoms with Crippen LogP contribution in [0.3, 0.4) is 0 Å². The molecule has 4 nitrogen and oxygen atoms in total. The molecule has 1 aromatic carbocycles. The third kappa shape index (κ3) is 4.11. The van der Waals surface area contributed by atoms with Crippen molar-refractivity contribution in [1.82, 2.24) is 5.32 Å². The standard InChI is InChI=1S/C13H19ClN2O2/c1-3-4-8-16-13(17)9(2)18-12-10(14)6-5-7-11(12)15/h5-7,9H,3-4,8,15H2,1-2H3,(H,16,17). The molecule has 1 amide bonds. The quantitative estimate of drug-likeness (QED) is 0.617. The van der Waals surface area contributed by atoms with Crippen molar-refractivity contribution >= 4 is 23.2 Å². The van der Waals surface area contributed by atoms with E-state index < -0.39 is 6.10 Å². The number of nitrogens with one attached hydrogen (secondary N) is 1. The van der Waals surface area contributed by atoms with Crippen LogP contribution >= 0.6 is 11.6 Å². The van der Waals surface area contributed by atoms with Gasteiger partial charge in [0, 0.05) is 6.54 Å². The summed E-state index contributed by atoms with van der Waals surface area (Å²) < 4.78 is 5.50. The minimum Gasteiger partial charge on any atom is -0.477 e. The van der Waals surface area contributed by atoms with Gasteiger partial charge in [0.25, 0.3) is 5.91 Å². The number of anilines is 1. The Bertz CT molecular complexity index is 390. The molecule has 18 heavy (non-hydrogen) atoms. The normalized spacial score (nSPS) is 11.9. The summed E-state index contributed by atoms with van der Waals surface area (Å²) in [6, 6.07) is 5.09. The number of para-hydroxylation sites is 1. The molecule has 0 aliphatic carbocycles. The molecule has 0 aromatic heterocycles.